The first-order valence-electron chi connectivity index (χ1n) is 6.45. The molecule has 1 unspecified atom stereocenters. The van der Waals surface area contributed by atoms with Crippen LogP contribution in [0.2, 0.25) is 0 Å². The van der Waals surface area contributed by atoms with E-state index >= 15 is 0 Å². The Labute approximate surface area is 120 Å². The van der Waals surface area contributed by atoms with Gasteiger partial charge in [0.15, 0.2) is 0 Å². The zero-order chi connectivity index (χ0) is 14.4. The van der Waals surface area contributed by atoms with Crippen molar-refractivity contribution < 1.29 is 4.79 Å². The van der Waals surface area contributed by atoms with Crippen LogP contribution in [0.15, 0.2) is 24.4 Å². The number of thiocarbonyl (C=S) groups is 1. The quantitative estimate of drug-likeness (QED) is 0.809. The Kier molecular flexibility index (Phi) is 5.89. The van der Waals surface area contributed by atoms with Crippen LogP contribution in [0.4, 0.5) is 0 Å². The third-order valence-electron chi connectivity index (χ3n) is 3.01. The van der Waals surface area contributed by atoms with Gasteiger partial charge in [0, 0.05) is 12.7 Å². The minimum atomic E-state index is -0.404. The van der Waals surface area contributed by atoms with Crippen molar-refractivity contribution in [2.24, 2.45) is 17.6 Å². The average molecular weight is 279 g/mol. The Balaban J connectivity index is 2.84. The number of pyridine rings is 1. The van der Waals surface area contributed by atoms with Crippen molar-refractivity contribution in [3.63, 3.8) is 0 Å². The van der Waals surface area contributed by atoms with Gasteiger partial charge in [-0.25, -0.2) is 0 Å². The minimum Gasteiger partial charge on any atom is -0.393 e. The van der Waals surface area contributed by atoms with Crippen LogP contribution in [0, 0.1) is 11.8 Å². The van der Waals surface area contributed by atoms with Crippen molar-refractivity contribution in [3.05, 3.63) is 30.1 Å². The van der Waals surface area contributed by atoms with E-state index < -0.39 is 5.92 Å². The zero-order valence-electron chi connectivity index (χ0n) is 11.7. The molecule has 104 valence electrons. The number of nitrogens with two attached hydrogens (primary N) is 1. The highest BCUT2D eigenvalue weighted by atomic mass is 32.1. The summed E-state index contributed by atoms with van der Waals surface area (Å²) < 4.78 is 0. The van der Waals surface area contributed by atoms with E-state index in [0.717, 1.165) is 5.69 Å². The van der Waals surface area contributed by atoms with Gasteiger partial charge in [0.1, 0.15) is 0 Å². The van der Waals surface area contributed by atoms with E-state index in [9.17, 15) is 4.79 Å². The molecule has 1 atom stereocenters. The predicted octanol–water partition coefficient (Wildman–Crippen LogP) is 1.99. The van der Waals surface area contributed by atoms with Crippen LogP contribution in [0.25, 0.3) is 0 Å². The maximum Gasteiger partial charge on any atom is 0.233 e. The van der Waals surface area contributed by atoms with Crippen molar-refractivity contribution in [2.45, 2.75) is 27.3 Å². The van der Waals surface area contributed by atoms with Crippen molar-refractivity contribution in [3.8, 4) is 0 Å². The molecule has 0 saturated heterocycles. The summed E-state index contributed by atoms with van der Waals surface area (Å²) in [5, 5.41) is 0. The molecule has 0 aliphatic carbocycles. The van der Waals surface area contributed by atoms with Crippen molar-refractivity contribution in [2.75, 3.05) is 6.54 Å². The maximum atomic E-state index is 12.5. The van der Waals surface area contributed by atoms with Crippen molar-refractivity contribution >= 4 is 23.1 Å². The van der Waals surface area contributed by atoms with Crippen LogP contribution in [-0.2, 0) is 11.3 Å². The van der Waals surface area contributed by atoms with Gasteiger partial charge in [-0.15, -0.1) is 0 Å². The number of carbonyl (C=O) groups is 1. The highest BCUT2D eigenvalue weighted by Gasteiger charge is 2.28. The Hall–Kier alpha value is -1.49. The lowest BCUT2D eigenvalue weighted by atomic mass is 9.94. The molecule has 0 aromatic carbocycles. The highest BCUT2D eigenvalue weighted by molar-refractivity contribution is 7.80. The molecule has 1 rings (SSSR count). The summed E-state index contributed by atoms with van der Waals surface area (Å²) >= 11 is 5.02. The summed E-state index contributed by atoms with van der Waals surface area (Å²) in [5.41, 5.74) is 6.56. The van der Waals surface area contributed by atoms with Crippen molar-refractivity contribution in [1.82, 2.24) is 9.88 Å². The molecule has 0 spiro atoms. The van der Waals surface area contributed by atoms with Gasteiger partial charge in [0.2, 0.25) is 5.91 Å². The maximum absolute atomic E-state index is 12.5. The van der Waals surface area contributed by atoms with Crippen LogP contribution in [0.1, 0.15) is 26.5 Å². The topological polar surface area (TPSA) is 59.2 Å². The van der Waals surface area contributed by atoms with Gasteiger partial charge in [0.25, 0.3) is 0 Å². The number of aromatic nitrogens is 1. The van der Waals surface area contributed by atoms with Gasteiger partial charge in [-0.1, -0.05) is 32.1 Å². The van der Waals surface area contributed by atoms with Gasteiger partial charge in [-0.3, -0.25) is 9.78 Å². The van der Waals surface area contributed by atoms with Crippen LogP contribution in [-0.4, -0.2) is 27.3 Å². The monoisotopic (exact) mass is 279 g/mol. The van der Waals surface area contributed by atoms with Gasteiger partial charge >= 0.3 is 0 Å². The summed E-state index contributed by atoms with van der Waals surface area (Å²) in [5.74, 6) is -0.322. The molecular weight excluding hydrogens is 258 g/mol. The zero-order valence-corrected chi connectivity index (χ0v) is 12.5. The van der Waals surface area contributed by atoms with Crippen LogP contribution in [0.5, 0.6) is 0 Å². The smallest absolute Gasteiger partial charge is 0.233 e. The number of nitrogens with zero attached hydrogens (tertiary/aromatic N) is 2. The fourth-order valence-corrected chi connectivity index (χ4v) is 2.34. The molecular formula is C14H21N3OS. The summed E-state index contributed by atoms with van der Waals surface area (Å²) in [4.78, 5) is 18.7. The Morgan fingerprint density at radius 3 is 2.58 bits per heavy atom. The third-order valence-corrected chi connectivity index (χ3v) is 3.27. The normalized spacial score (nSPS) is 12.2. The van der Waals surface area contributed by atoms with E-state index in [-0.39, 0.29) is 16.8 Å². The number of carbonyl (C=O) groups excluding carboxylic acids is 1. The number of amides is 1. The van der Waals surface area contributed by atoms with Crippen LogP contribution < -0.4 is 5.73 Å². The van der Waals surface area contributed by atoms with E-state index in [4.69, 9.17) is 18.0 Å². The molecule has 5 heteroatoms. The lowest BCUT2D eigenvalue weighted by Crippen LogP contribution is -2.43. The number of hydrogen-bond donors (Lipinski definition) is 1. The van der Waals surface area contributed by atoms with Gasteiger partial charge in [0.05, 0.1) is 23.1 Å². The van der Waals surface area contributed by atoms with Crippen LogP contribution >= 0.6 is 12.2 Å². The molecule has 0 radical (unpaired) electrons. The van der Waals surface area contributed by atoms with E-state index in [1.54, 1.807) is 11.1 Å². The van der Waals surface area contributed by atoms with E-state index in [0.29, 0.717) is 13.1 Å². The van der Waals surface area contributed by atoms with E-state index in [2.05, 4.69) is 4.98 Å². The van der Waals surface area contributed by atoms with Crippen LogP contribution in [0.3, 0.4) is 0 Å². The summed E-state index contributed by atoms with van der Waals surface area (Å²) in [6.07, 6.45) is 1.72. The molecule has 0 bridgehead atoms. The van der Waals surface area contributed by atoms with E-state index in [1.807, 2.05) is 39.0 Å². The number of hydrogen-bond acceptors (Lipinski definition) is 3. The summed E-state index contributed by atoms with van der Waals surface area (Å²) in [6.45, 7) is 6.95. The lowest BCUT2D eigenvalue weighted by molar-refractivity contribution is -0.134. The fourth-order valence-electron chi connectivity index (χ4n) is 1.96. The summed E-state index contributed by atoms with van der Waals surface area (Å²) in [7, 11) is 0. The Morgan fingerprint density at radius 1 is 1.47 bits per heavy atom. The number of rotatable bonds is 6. The second-order valence-corrected chi connectivity index (χ2v) is 5.27. The molecule has 4 nitrogen and oxygen atoms in total. The minimum absolute atomic E-state index is 0.0179. The SMILES string of the molecule is CCN(Cc1ccccn1)C(=O)C(C(N)=S)C(C)C. The molecule has 19 heavy (non-hydrogen) atoms. The highest BCUT2D eigenvalue weighted by Crippen LogP contribution is 2.16. The van der Waals surface area contributed by atoms with Gasteiger partial charge in [-0.05, 0) is 25.0 Å². The first kappa shape index (κ1) is 15.6. The largest absolute Gasteiger partial charge is 0.393 e. The average Bonchev–Trinajstić information content (AvgIpc) is 2.36. The first-order valence-corrected chi connectivity index (χ1v) is 6.86. The first-order chi connectivity index (χ1) is 8.97. The molecule has 1 heterocycles. The van der Waals surface area contributed by atoms with Gasteiger partial charge in [-0.2, -0.15) is 0 Å². The standard InChI is InChI=1S/C14H21N3OS/c1-4-17(9-11-7-5-6-8-16-11)14(18)12(10(2)3)13(15)19/h5-8,10,12H,4,9H2,1-3H3,(H2,15,19). The second kappa shape index (κ2) is 7.19. The van der Waals surface area contributed by atoms with Crippen molar-refractivity contribution in [1.29, 1.82) is 0 Å². The molecule has 0 aliphatic rings. The Morgan fingerprint density at radius 2 is 2.16 bits per heavy atom. The second-order valence-electron chi connectivity index (χ2n) is 4.80. The molecule has 2 N–H and O–H groups in total. The molecule has 1 amide bonds. The predicted molar refractivity (Wildman–Crippen MR) is 80.4 cm³/mol. The molecule has 0 aliphatic heterocycles. The molecule has 1 aromatic rings. The van der Waals surface area contributed by atoms with E-state index in [1.165, 1.54) is 0 Å². The lowest BCUT2D eigenvalue weighted by Gasteiger charge is -2.27. The van der Waals surface area contributed by atoms with Gasteiger partial charge < -0.3 is 10.6 Å². The fraction of sp³-hybridized carbons (Fsp3) is 0.500. The molecule has 1 aromatic heterocycles. The third kappa shape index (κ3) is 4.28. The molecule has 0 saturated carbocycles. The molecule has 0 fully saturated rings. The Bertz CT molecular complexity index is 434. The summed E-state index contributed by atoms with van der Waals surface area (Å²) in [6, 6.07) is 5.67.